The highest BCUT2D eigenvalue weighted by Gasteiger charge is 2.25. The number of nitrogens with one attached hydrogen (secondary N) is 1. The number of rotatable bonds is 4. The third kappa shape index (κ3) is 4.12. The minimum atomic E-state index is -3.71. The van der Waals surface area contributed by atoms with Crippen LogP contribution in [0, 0.1) is 5.82 Å². The van der Waals surface area contributed by atoms with Crippen LogP contribution in [-0.4, -0.2) is 29.2 Å². The van der Waals surface area contributed by atoms with Crippen LogP contribution < -0.4 is 10.5 Å². The molecule has 6 nitrogen and oxygen atoms in total. The van der Waals surface area contributed by atoms with Crippen molar-refractivity contribution in [2.45, 2.75) is 50.0 Å². The number of anilines is 1. The van der Waals surface area contributed by atoms with Crippen molar-refractivity contribution in [3.63, 3.8) is 0 Å². The molecule has 1 atom stereocenters. The summed E-state index contributed by atoms with van der Waals surface area (Å²) in [7, 11) is 0.0301. The Labute approximate surface area is 177 Å². The maximum absolute atomic E-state index is 14.6. The number of aryl methyl sites for hydroxylation is 2. The van der Waals surface area contributed by atoms with E-state index in [2.05, 4.69) is 15.7 Å². The van der Waals surface area contributed by atoms with Gasteiger partial charge >= 0.3 is 6.03 Å². The summed E-state index contributed by atoms with van der Waals surface area (Å²) in [6.07, 6.45) is 5.91. The summed E-state index contributed by atoms with van der Waals surface area (Å²) in [5, 5.41) is 8.65. The molecule has 3 N–H and O–H groups in total. The Bertz CT molecular complexity index is 1100. The van der Waals surface area contributed by atoms with E-state index in [1.807, 2.05) is 19.0 Å². The van der Waals surface area contributed by atoms with Crippen molar-refractivity contribution in [3.05, 3.63) is 57.9 Å². The van der Waals surface area contributed by atoms with Crippen molar-refractivity contribution < 1.29 is 13.4 Å². The highest BCUT2D eigenvalue weighted by atomic mass is 32.2. The molecule has 8 heteroatoms. The Balaban J connectivity index is 1.63. The third-order valence-corrected chi connectivity index (χ3v) is 7.13. The van der Waals surface area contributed by atoms with Crippen LogP contribution in [0.4, 0.5) is 14.9 Å². The van der Waals surface area contributed by atoms with E-state index < -0.39 is 21.8 Å². The Hall–Kier alpha value is -2.29. The van der Waals surface area contributed by atoms with Gasteiger partial charge in [-0.1, -0.05) is 12.1 Å². The fourth-order valence-electron chi connectivity index (χ4n) is 4.51. The molecule has 2 aromatic carbocycles. The van der Waals surface area contributed by atoms with Gasteiger partial charge in [0.15, 0.2) is 0 Å². The summed E-state index contributed by atoms with van der Waals surface area (Å²) >= 11 is 0. The van der Waals surface area contributed by atoms with Crippen LogP contribution in [0.2, 0.25) is 0 Å². The average molecular weight is 431 g/mol. The number of carbonyl (C=O) groups excluding carboxylic acids is 1. The van der Waals surface area contributed by atoms with Gasteiger partial charge in [0, 0.05) is 12.2 Å². The molecule has 0 radical (unpaired) electrons. The number of urea groups is 1. The zero-order valence-corrected chi connectivity index (χ0v) is 18.2. The van der Waals surface area contributed by atoms with E-state index in [1.54, 1.807) is 6.07 Å². The summed E-state index contributed by atoms with van der Waals surface area (Å²) < 4.78 is 31.2. The fraction of sp³-hybridized carbons (Fsp3) is 0.409. The second-order valence-corrected chi connectivity index (χ2v) is 10.1. The van der Waals surface area contributed by atoms with Crippen molar-refractivity contribution in [3.8, 4) is 0 Å². The molecule has 0 saturated heterocycles. The van der Waals surface area contributed by atoms with E-state index >= 15 is 0 Å². The minimum Gasteiger partial charge on any atom is -0.305 e. The smallest absolute Gasteiger partial charge is 0.305 e. The van der Waals surface area contributed by atoms with Crippen molar-refractivity contribution in [1.82, 2.24) is 4.90 Å². The predicted octanol–water partition coefficient (Wildman–Crippen LogP) is 3.80. The maximum Gasteiger partial charge on any atom is 0.354 e. The van der Waals surface area contributed by atoms with Crippen LogP contribution >= 0.6 is 0 Å². The van der Waals surface area contributed by atoms with Gasteiger partial charge in [-0.15, -0.1) is 4.36 Å². The first-order chi connectivity index (χ1) is 14.2. The topological polar surface area (TPSA) is 87.8 Å². The molecule has 0 bridgehead atoms. The van der Waals surface area contributed by atoms with E-state index in [0.717, 1.165) is 60.9 Å². The number of benzene rings is 2. The molecule has 1 unspecified atom stereocenters. The number of nitrogens with zero attached hydrogens (tertiary/aromatic N) is 2. The lowest BCUT2D eigenvalue weighted by Gasteiger charge is -2.15. The molecule has 0 saturated carbocycles. The van der Waals surface area contributed by atoms with Crippen LogP contribution in [0.1, 0.15) is 40.7 Å². The highest BCUT2D eigenvalue weighted by molar-refractivity contribution is 7.91. The molecular formula is C22H27FN4O2S. The zero-order valence-electron chi connectivity index (χ0n) is 17.3. The largest absolute Gasteiger partial charge is 0.354 e. The molecule has 0 heterocycles. The van der Waals surface area contributed by atoms with Gasteiger partial charge in [0.2, 0.25) is 0 Å². The fourth-order valence-corrected chi connectivity index (χ4v) is 5.51. The number of carbonyl (C=O) groups is 1. The van der Waals surface area contributed by atoms with Crippen molar-refractivity contribution in [2.75, 3.05) is 19.4 Å². The van der Waals surface area contributed by atoms with Crippen LogP contribution in [0.15, 0.2) is 33.5 Å². The van der Waals surface area contributed by atoms with Gasteiger partial charge in [-0.2, -0.15) is 0 Å². The van der Waals surface area contributed by atoms with E-state index in [-0.39, 0.29) is 4.90 Å². The van der Waals surface area contributed by atoms with Crippen molar-refractivity contribution >= 4 is 21.6 Å². The lowest BCUT2D eigenvalue weighted by Crippen LogP contribution is -2.20. The van der Waals surface area contributed by atoms with Crippen molar-refractivity contribution in [2.24, 2.45) is 9.50 Å². The second kappa shape index (κ2) is 8.09. The van der Waals surface area contributed by atoms with Crippen LogP contribution in [-0.2, 0) is 42.1 Å². The normalized spacial score (nSPS) is 16.8. The van der Waals surface area contributed by atoms with Crippen LogP contribution in [0.25, 0.3) is 0 Å². The first-order valence-electron chi connectivity index (χ1n) is 10.2. The third-order valence-electron chi connectivity index (χ3n) is 5.73. The summed E-state index contributed by atoms with van der Waals surface area (Å²) in [6, 6.07) is 5.75. The van der Waals surface area contributed by atoms with Gasteiger partial charge in [0.05, 0.1) is 4.90 Å². The molecule has 0 spiro atoms. The summed E-state index contributed by atoms with van der Waals surface area (Å²) in [4.78, 5) is 14.3. The van der Waals surface area contributed by atoms with E-state index in [1.165, 1.54) is 23.3 Å². The SMILES string of the molecule is CN(C)Cc1ccc(S(N)(=O)=NC(=O)Nc2c3c(cc4c2CCC4)CCC3)c(F)c1. The molecule has 2 aromatic rings. The molecule has 0 aromatic heterocycles. The van der Waals surface area contributed by atoms with Crippen molar-refractivity contribution in [1.29, 1.82) is 0 Å². The first kappa shape index (κ1) is 21.0. The van der Waals surface area contributed by atoms with Gasteiger partial charge in [-0.25, -0.2) is 18.5 Å². The van der Waals surface area contributed by atoms with E-state index in [0.29, 0.717) is 6.54 Å². The number of halogens is 1. The molecule has 2 aliphatic carbocycles. The van der Waals surface area contributed by atoms with Gasteiger partial charge in [-0.3, -0.25) is 0 Å². The standard InChI is InChI=1S/C22H27FN4O2S/c1-27(2)13-14-9-10-20(19(23)11-14)30(24,29)26-22(28)25-21-17-7-3-5-15(17)12-16-6-4-8-18(16)21/h9-12H,3-8,13H2,1-2H3,(H3,24,25,26,28,29). The van der Waals surface area contributed by atoms with Gasteiger partial charge in [-0.05, 0) is 92.6 Å². The number of nitrogens with two attached hydrogens (primary N) is 1. The Morgan fingerprint density at radius 2 is 1.77 bits per heavy atom. The molecule has 0 fully saturated rings. The number of hydrogen-bond donors (Lipinski definition) is 2. The Kier molecular flexibility index (Phi) is 5.65. The average Bonchev–Trinajstić information content (AvgIpc) is 3.29. The molecule has 0 aliphatic heterocycles. The number of amides is 2. The number of hydrogen-bond acceptors (Lipinski definition) is 3. The minimum absolute atomic E-state index is 0.260. The molecule has 30 heavy (non-hydrogen) atoms. The summed E-state index contributed by atoms with van der Waals surface area (Å²) in [6.45, 7) is 0.533. The lowest BCUT2D eigenvalue weighted by atomic mass is 9.99. The Morgan fingerprint density at radius 1 is 1.13 bits per heavy atom. The van der Waals surface area contributed by atoms with Gasteiger partial charge in [0.1, 0.15) is 15.7 Å². The second-order valence-electron chi connectivity index (χ2n) is 8.33. The summed E-state index contributed by atoms with van der Waals surface area (Å²) in [5.41, 5.74) is 6.33. The molecular weight excluding hydrogens is 403 g/mol. The molecule has 4 rings (SSSR count). The van der Waals surface area contributed by atoms with Gasteiger partial charge in [0.25, 0.3) is 0 Å². The predicted molar refractivity (Wildman–Crippen MR) is 116 cm³/mol. The monoisotopic (exact) mass is 430 g/mol. The zero-order chi connectivity index (χ0) is 21.5. The van der Waals surface area contributed by atoms with E-state index in [4.69, 9.17) is 5.14 Å². The molecule has 2 aliphatic rings. The maximum atomic E-state index is 14.6. The first-order valence-corrected chi connectivity index (χ1v) is 11.8. The van der Waals surface area contributed by atoms with E-state index in [9.17, 15) is 13.4 Å². The highest BCUT2D eigenvalue weighted by Crippen LogP contribution is 2.38. The molecule has 160 valence electrons. The Morgan fingerprint density at radius 3 is 2.33 bits per heavy atom. The van der Waals surface area contributed by atoms with Gasteiger partial charge < -0.3 is 10.2 Å². The lowest BCUT2D eigenvalue weighted by molar-refractivity contribution is 0.260. The quantitative estimate of drug-likeness (QED) is 0.773. The van der Waals surface area contributed by atoms with Crippen LogP contribution in [0.3, 0.4) is 0 Å². The number of fused-ring (bicyclic) bond motifs is 2. The summed E-state index contributed by atoms with van der Waals surface area (Å²) in [5.74, 6) is -0.722. The van der Waals surface area contributed by atoms with Crippen LogP contribution in [0.5, 0.6) is 0 Å². The molecule has 2 amide bonds.